The van der Waals surface area contributed by atoms with Crippen LogP contribution >= 0.6 is 0 Å². The Balaban J connectivity index is 2.09. The van der Waals surface area contributed by atoms with Gasteiger partial charge in [0.1, 0.15) is 11.5 Å². The number of hydrogen-bond donors (Lipinski definition) is 1. The SMILES string of the molecule is C=CC(=O)N1CCC(/C(C)=C/C=C(\C(=C)Oc2ccc(C)cc2)C(N)=O)C1. The van der Waals surface area contributed by atoms with Crippen LogP contribution in [-0.2, 0) is 9.59 Å². The first-order chi connectivity index (χ1) is 12.8. The Bertz CT molecular complexity index is 803. The summed E-state index contributed by atoms with van der Waals surface area (Å²) in [5.74, 6) is 0.369. The van der Waals surface area contributed by atoms with Crippen molar-refractivity contribution in [1.29, 1.82) is 0 Å². The maximum Gasteiger partial charge on any atom is 0.252 e. The summed E-state index contributed by atoms with van der Waals surface area (Å²) in [4.78, 5) is 25.3. The summed E-state index contributed by atoms with van der Waals surface area (Å²) in [5, 5.41) is 0. The molecule has 0 bridgehead atoms. The molecule has 1 aliphatic rings. The highest BCUT2D eigenvalue weighted by Crippen LogP contribution is 2.24. The molecule has 1 fully saturated rings. The first-order valence-electron chi connectivity index (χ1n) is 8.85. The van der Waals surface area contributed by atoms with Crippen molar-refractivity contribution < 1.29 is 14.3 Å². The lowest BCUT2D eigenvalue weighted by molar-refractivity contribution is -0.125. The van der Waals surface area contributed by atoms with Gasteiger partial charge >= 0.3 is 0 Å². The number of nitrogens with zero attached hydrogens (tertiary/aromatic N) is 1. The number of benzene rings is 1. The first kappa shape index (κ1) is 20.2. The van der Waals surface area contributed by atoms with Crippen LogP contribution in [0.15, 0.2) is 72.6 Å². The minimum atomic E-state index is -0.606. The molecule has 0 spiro atoms. The van der Waals surface area contributed by atoms with Crippen LogP contribution in [-0.4, -0.2) is 29.8 Å². The van der Waals surface area contributed by atoms with Gasteiger partial charge in [-0.3, -0.25) is 9.59 Å². The lowest BCUT2D eigenvalue weighted by Gasteiger charge is -2.14. The molecule has 142 valence electrons. The molecule has 1 aliphatic heterocycles. The average molecular weight is 366 g/mol. The number of amides is 2. The van der Waals surface area contributed by atoms with Crippen LogP contribution in [0.5, 0.6) is 5.75 Å². The molecule has 1 aromatic carbocycles. The van der Waals surface area contributed by atoms with Crippen LogP contribution in [0.2, 0.25) is 0 Å². The second kappa shape index (κ2) is 9.03. The van der Waals surface area contributed by atoms with Crippen LogP contribution in [0.3, 0.4) is 0 Å². The maximum absolute atomic E-state index is 11.8. The smallest absolute Gasteiger partial charge is 0.252 e. The minimum Gasteiger partial charge on any atom is -0.457 e. The van der Waals surface area contributed by atoms with E-state index in [-0.39, 0.29) is 23.2 Å². The molecule has 2 rings (SSSR count). The Morgan fingerprint density at radius 3 is 2.52 bits per heavy atom. The van der Waals surface area contributed by atoms with Gasteiger partial charge in [0.05, 0.1) is 5.57 Å². The van der Waals surface area contributed by atoms with E-state index in [2.05, 4.69) is 13.2 Å². The molecule has 27 heavy (non-hydrogen) atoms. The van der Waals surface area contributed by atoms with Gasteiger partial charge in [0.15, 0.2) is 0 Å². The number of nitrogens with two attached hydrogens (primary N) is 1. The van der Waals surface area contributed by atoms with E-state index in [0.717, 1.165) is 17.6 Å². The summed E-state index contributed by atoms with van der Waals surface area (Å²) in [6, 6.07) is 7.45. The van der Waals surface area contributed by atoms with Crippen molar-refractivity contribution in [2.45, 2.75) is 20.3 Å². The van der Waals surface area contributed by atoms with Gasteiger partial charge in [-0.25, -0.2) is 0 Å². The molecule has 0 aromatic heterocycles. The zero-order chi connectivity index (χ0) is 20.0. The Hall–Kier alpha value is -3.08. The molecule has 1 aromatic rings. The highest BCUT2D eigenvalue weighted by molar-refractivity contribution is 5.96. The monoisotopic (exact) mass is 366 g/mol. The largest absolute Gasteiger partial charge is 0.457 e. The van der Waals surface area contributed by atoms with Crippen molar-refractivity contribution in [3.63, 3.8) is 0 Å². The minimum absolute atomic E-state index is 0.0569. The fraction of sp³-hybridized carbons (Fsp3) is 0.273. The van der Waals surface area contributed by atoms with Gasteiger partial charge in [-0.2, -0.15) is 0 Å². The van der Waals surface area contributed by atoms with Gasteiger partial charge in [0, 0.05) is 13.1 Å². The number of hydrogen-bond acceptors (Lipinski definition) is 3. The Labute approximate surface area is 160 Å². The normalized spacial score (nSPS) is 17.6. The maximum atomic E-state index is 11.8. The predicted octanol–water partition coefficient (Wildman–Crippen LogP) is 3.28. The molecule has 1 atom stereocenters. The lowest BCUT2D eigenvalue weighted by Crippen LogP contribution is -2.26. The lowest BCUT2D eigenvalue weighted by atomic mass is 9.99. The van der Waals surface area contributed by atoms with Crippen molar-refractivity contribution in [2.24, 2.45) is 11.7 Å². The molecule has 5 nitrogen and oxygen atoms in total. The number of likely N-dealkylation sites (tertiary alicyclic amines) is 1. The van der Waals surface area contributed by atoms with E-state index < -0.39 is 5.91 Å². The van der Waals surface area contributed by atoms with Crippen molar-refractivity contribution in [3.8, 4) is 5.75 Å². The van der Waals surface area contributed by atoms with Gasteiger partial charge in [-0.15, -0.1) is 0 Å². The Morgan fingerprint density at radius 1 is 1.26 bits per heavy atom. The van der Waals surface area contributed by atoms with E-state index in [1.54, 1.807) is 11.0 Å². The molecule has 1 heterocycles. The number of aryl methyl sites for hydroxylation is 1. The van der Waals surface area contributed by atoms with Crippen molar-refractivity contribution in [2.75, 3.05) is 13.1 Å². The number of primary amides is 1. The quantitative estimate of drug-likeness (QED) is 0.457. The summed E-state index contributed by atoms with van der Waals surface area (Å²) in [5.41, 5.74) is 7.88. The van der Waals surface area contributed by atoms with E-state index >= 15 is 0 Å². The van der Waals surface area contributed by atoms with Crippen LogP contribution in [0, 0.1) is 12.8 Å². The summed E-state index contributed by atoms with van der Waals surface area (Å²) in [6.07, 6.45) is 5.68. The average Bonchev–Trinajstić information content (AvgIpc) is 3.13. The zero-order valence-electron chi connectivity index (χ0n) is 15.9. The molecule has 2 amide bonds. The van der Waals surface area contributed by atoms with Crippen LogP contribution in [0.25, 0.3) is 0 Å². The fourth-order valence-electron chi connectivity index (χ4n) is 2.93. The van der Waals surface area contributed by atoms with Gasteiger partial charge in [0.2, 0.25) is 5.91 Å². The van der Waals surface area contributed by atoms with Crippen LogP contribution in [0.4, 0.5) is 0 Å². The third-order valence-electron chi connectivity index (χ3n) is 4.66. The van der Waals surface area contributed by atoms with Crippen molar-refractivity contribution in [1.82, 2.24) is 4.90 Å². The van der Waals surface area contributed by atoms with E-state index in [9.17, 15) is 9.59 Å². The molecular weight excluding hydrogens is 340 g/mol. The third-order valence-corrected chi connectivity index (χ3v) is 4.66. The fourth-order valence-corrected chi connectivity index (χ4v) is 2.93. The number of ether oxygens (including phenoxy) is 1. The highest BCUT2D eigenvalue weighted by Gasteiger charge is 2.25. The topological polar surface area (TPSA) is 72.6 Å². The molecule has 0 saturated carbocycles. The van der Waals surface area contributed by atoms with Gasteiger partial charge in [-0.05, 0) is 50.5 Å². The molecule has 0 aliphatic carbocycles. The number of carbonyl (C=O) groups excluding carboxylic acids is 2. The third kappa shape index (κ3) is 5.45. The molecule has 0 radical (unpaired) electrons. The second-order valence-electron chi connectivity index (χ2n) is 6.67. The Morgan fingerprint density at radius 2 is 1.93 bits per heavy atom. The highest BCUT2D eigenvalue weighted by atomic mass is 16.5. The summed E-state index contributed by atoms with van der Waals surface area (Å²) < 4.78 is 5.66. The Kier molecular flexibility index (Phi) is 6.77. The van der Waals surface area contributed by atoms with Gasteiger partial charge < -0.3 is 15.4 Å². The van der Waals surface area contributed by atoms with Crippen LogP contribution < -0.4 is 10.5 Å². The number of allylic oxidation sites excluding steroid dienone is 2. The van der Waals surface area contributed by atoms with E-state index in [0.29, 0.717) is 18.8 Å². The van der Waals surface area contributed by atoms with E-state index in [4.69, 9.17) is 10.5 Å². The van der Waals surface area contributed by atoms with Gasteiger partial charge in [-0.1, -0.05) is 42.5 Å². The van der Waals surface area contributed by atoms with Crippen molar-refractivity contribution >= 4 is 11.8 Å². The number of carbonyl (C=O) groups is 2. The predicted molar refractivity (Wildman–Crippen MR) is 107 cm³/mol. The molecule has 1 saturated heterocycles. The standard InChI is InChI=1S/C22H26N2O3/c1-5-21(25)24-13-12-18(14-24)16(3)8-11-20(22(23)26)17(4)27-19-9-6-15(2)7-10-19/h5-11,18H,1,4,12-14H2,2-3H3,(H2,23,26)/b16-8+,20-11+. The molecular formula is C22H26N2O3. The second-order valence-corrected chi connectivity index (χ2v) is 6.67. The first-order valence-corrected chi connectivity index (χ1v) is 8.85. The summed E-state index contributed by atoms with van der Waals surface area (Å²) in [6.45, 7) is 12.7. The van der Waals surface area contributed by atoms with E-state index in [1.807, 2.05) is 44.2 Å². The van der Waals surface area contributed by atoms with E-state index in [1.165, 1.54) is 6.08 Å². The summed E-state index contributed by atoms with van der Waals surface area (Å²) >= 11 is 0. The molecule has 1 unspecified atom stereocenters. The van der Waals surface area contributed by atoms with Crippen LogP contribution in [0.1, 0.15) is 18.9 Å². The number of rotatable bonds is 7. The molecule has 5 heteroatoms. The van der Waals surface area contributed by atoms with Gasteiger partial charge in [0.25, 0.3) is 5.91 Å². The van der Waals surface area contributed by atoms with Crippen molar-refractivity contribution in [3.05, 3.63) is 78.1 Å². The summed E-state index contributed by atoms with van der Waals surface area (Å²) in [7, 11) is 0. The molecule has 2 N–H and O–H groups in total. The zero-order valence-corrected chi connectivity index (χ0v) is 15.9.